The predicted molar refractivity (Wildman–Crippen MR) is 74.0 cm³/mol. The van der Waals surface area contributed by atoms with Crippen LogP contribution < -0.4 is 5.32 Å². The third-order valence-corrected chi connectivity index (χ3v) is 4.05. The van der Waals surface area contributed by atoms with E-state index in [1.54, 1.807) is 6.92 Å². The van der Waals surface area contributed by atoms with Crippen LogP contribution in [0.2, 0.25) is 0 Å². The van der Waals surface area contributed by atoms with Gasteiger partial charge in [0, 0.05) is 10.2 Å². The van der Waals surface area contributed by atoms with Crippen LogP contribution in [0.5, 0.6) is 0 Å². The summed E-state index contributed by atoms with van der Waals surface area (Å²) in [6.45, 7) is 1.67. The molecule has 1 aromatic heterocycles. The largest absolute Gasteiger partial charge is 0.417 e. The minimum Gasteiger partial charge on any atom is -0.345 e. The predicted octanol–water partition coefficient (Wildman–Crippen LogP) is 4.85. The first-order valence-corrected chi connectivity index (χ1v) is 6.89. The van der Waals surface area contributed by atoms with Crippen molar-refractivity contribution >= 4 is 38.2 Å². The third kappa shape index (κ3) is 2.94. The molecule has 0 saturated carbocycles. The Morgan fingerprint density at radius 3 is 2.70 bits per heavy atom. The molecule has 1 N–H and O–H groups in total. The lowest BCUT2D eigenvalue weighted by Gasteiger charge is -2.11. The Bertz CT molecular complexity index is 688. The second kappa shape index (κ2) is 5.42. The maximum Gasteiger partial charge on any atom is 0.417 e. The molecule has 0 radical (unpaired) electrons. The van der Waals surface area contributed by atoms with Gasteiger partial charge in [-0.1, -0.05) is 15.9 Å². The van der Waals surface area contributed by atoms with Crippen LogP contribution in [0, 0.1) is 18.3 Å². The molecule has 0 atom stereocenters. The first-order valence-electron chi connectivity index (χ1n) is 5.33. The van der Waals surface area contributed by atoms with E-state index in [9.17, 15) is 13.2 Å². The molecule has 2 aromatic rings. The molecule has 0 amide bonds. The summed E-state index contributed by atoms with van der Waals surface area (Å²) in [5.41, 5.74) is 0.363. The summed E-state index contributed by atoms with van der Waals surface area (Å²) in [5.74, 6) is 0. The van der Waals surface area contributed by atoms with Crippen LogP contribution in [0.3, 0.4) is 0 Å². The van der Waals surface area contributed by atoms with Crippen LogP contribution in [0.15, 0.2) is 22.7 Å². The van der Waals surface area contributed by atoms with Crippen molar-refractivity contribution in [2.45, 2.75) is 13.1 Å². The van der Waals surface area contributed by atoms with Gasteiger partial charge in [-0.05, 0) is 36.7 Å². The molecule has 2 rings (SSSR count). The molecule has 1 aromatic carbocycles. The Kier molecular flexibility index (Phi) is 4.01. The van der Waals surface area contributed by atoms with Gasteiger partial charge in [-0.3, -0.25) is 0 Å². The monoisotopic (exact) mass is 361 g/mol. The maximum absolute atomic E-state index is 12.8. The van der Waals surface area contributed by atoms with Gasteiger partial charge in [0.15, 0.2) is 0 Å². The van der Waals surface area contributed by atoms with E-state index in [-0.39, 0.29) is 10.2 Å². The number of aryl methyl sites for hydroxylation is 1. The summed E-state index contributed by atoms with van der Waals surface area (Å²) in [6, 6.07) is 5.77. The van der Waals surface area contributed by atoms with E-state index in [4.69, 9.17) is 5.26 Å². The van der Waals surface area contributed by atoms with Crippen molar-refractivity contribution in [3.63, 3.8) is 0 Å². The number of nitrogens with one attached hydrogen (secondary N) is 1. The number of alkyl halides is 3. The lowest BCUT2D eigenvalue weighted by molar-refractivity contribution is -0.138. The first-order chi connectivity index (χ1) is 9.32. The highest BCUT2D eigenvalue weighted by Crippen LogP contribution is 2.37. The lowest BCUT2D eigenvalue weighted by atomic mass is 10.2. The Labute approximate surface area is 125 Å². The molecule has 0 unspecified atom stereocenters. The molecule has 1 heterocycles. The average molecular weight is 362 g/mol. The van der Waals surface area contributed by atoms with Gasteiger partial charge in [0.1, 0.15) is 16.6 Å². The summed E-state index contributed by atoms with van der Waals surface area (Å²) >= 11 is 3.91. The van der Waals surface area contributed by atoms with Crippen molar-refractivity contribution in [1.82, 2.24) is 4.37 Å². The van der Waals surface area contributed by atoms with E-state index >= 15 is 0 Å². The van der Waals surface area contributed by atoms with E-state index in [1.165, 1.54) is 12.1 Å². The molecule has 0 aliphatic rings. The van der Waals surface area contributed by atoms with E-state index in [1.807, 2.05) is 6.07 Å². The highest BCUT2D eigenvalue weighted by Gasteiger charge is 2.33. The van der Waals surface area contributed by atoms with Crippen molar-refractivity contribution in [3.05, 3.63) is 39.5 Å². The quantitative estimate of drug-likeness (QED) is 0.831. The molecule has 0 saturated heterocycles. The van der Waals surface area contributed by atoms with Crippen molar-refractivity contribution in [3.8, 4) is 6.07 Å². The Morgan fingerprint density at radius 2 is 2.10 bits per heavy atom. The van der Waals surface area contributed by atoms with Gasteiger partial charge in [0.05, 0.1) is 11.3 Å². The zero-order valence-corrected chi connectivity index (χ0v) is 12.4. The van der Waals surface area contributed by atoms with Gasteiger partial charge in [-0.25, -0.2) is 0 Å². The zero-order chi connectivity index (χ0) is 14.9. The van der Waals surface area contributed by atoms with Gasteiger partial charge in [-0.15, -0.1) is 0 Å². The normalized spacial score (nSPS) is 11.2. The summed E-state index contributed by atoms with van der Waals surface area (Å²) in [4.78, 5) is 0. The second-order valence-corrected chi connectivity index (χ2v) is 5.53. The number of aromatic nitrogens is 1. The van der Waals surface area contributed by atoms with Crippen LogP contribution in [0.1, 0.15) is 16.8 Å². The SMILES string of the molecule is Cc1nsc(Nc2ccc(Br)c(C(F)(F)F)c2)c1C#N. The van der Waals surface area contributed by atoms with Crippen molar-refractivity contribution < 1.29 is 13.2 Å². The lowest BCUT2D eigenvalue weighted by Crippen LogP contribution is -2.06. The number of anilines is 2. The van der Waals surface area contributed by atoms with Gasteiger partial charge in [-0.2, -0.15) is 22.8 Å². The molecule has 0 aliphatic heterocycles. The van der Waals surface area contributed by atoms with E-state index < -0.39 is 11.7 Å². The number of nitriles is 1. The molecular formula is C12H7BrF3N3S. The number of hydrogen-bond acceptors (Lipinski definition) is 4. The van der Waals surface area contributed by atoms with Crippen LogP contribution in [0.25, 0.3) is 0 Å². The summed E-state index contributed by atoms with van der Waals surface area (Å²) in [7, 11) is 0. The Hall–Kier alpha value is -1.59. The van der Waals surface area contributed by atoms with E-state index in [0.29, 0.717) is 16.3 Å². The van der Waals surface area contributed by atoms with Gasteiger partial charge in [0.25, 0.3) is 0 Å². The third-order valence-electron chi connectivity index (χ3n) is 2.50. The number of nitrogens with zero attached hydrogens (tertiary/aromatic N) is 2. The molecule has 104 valence electrons. The summed E-state index contributed by atoms with van der Waals surface area (Å²) in [6.07, 6.45) is -4.45. The number of rotatable bonds is 2. The fraction of sp³-hybridized carbons (Fsp3) is 0.167. The fourth-order valence-electron chi connectivity index (χ4n) is 1.54. The molecule has 0 aliphatic carbocycles. The highest BCUT2D eigenvalue weighted by atomic mass is 79.9. The standard InChI is InChI=1S/C12H7BrF3N3S/c1-6-8(5-17)11(20-19-6)18-7-2-3-10(13)9(4-7)12(14,15)16/h2-4,18H,1H3. The zero-order valence-electron chi connectivity index (χ0n) is 10.0. The smallest absolute Gasteiger partial charge is 0.345 e. The number of hydrogen-bond donors (Lipinski definition) is 1. The fourth-order valence-corrected chi connectivity index (χ4v) is 2.78. The molecule has 0 bridgehead atoms. The molecule has 0 spiro atoms. The average Bonchev–Trinajstić information content (AvgIpc) is 2.71. The molecule has 3 nitrogen and oxygen atoms in total. The molecule has 20 heavy (non-hydrogen) atoms. The highest BCUT2D eigenvalue weighted by molar-refractivity contribution is 9.10. The van der Waals surface area contributed by atoms with Crippen molar-refractivity contribution in [1.29, 1.82) is 5.26 Å². The molecule has 0 fully saturated rings. The molecular weight excluding hydrogens is 355 g/mol. The topological polar surface area (TPSA) is 48.7 Å². The van der Waals surface area contributed by atoms with Crippen LogP contribution in [-0.4, -0.2) is 4.37 Å². The van der Waals surface area contributed by atoms with Crippen LogP contribution in [0.4, 0.5) is 23.9 Å². The van der Waals surface area contributed by atoms with Crippen LogP contribution in [-0.2, 0) is 6.18 Å². The minimum absolute atomic E-state index is 0.0310. The van der Waals surface area contributed by atoms with E-state index in [0.717, 1.165) is 17.6 Å². The van der Waals surface area contributed by atoms with Gasteiger partial charge in [0.2, 0.25) is 0 Å². The Balaban J connectivity index is 2.38. The first kappa shape index (κ1) is 14.8. The van der Waals surface area contributed by atoms with Crippen molar-refractivity contribution in [2.24, 2.45) is 0 Å². The van der Waals surface area contributed by atoms with Gasteiger partial charge < -0.3 is 5.32 Å². The maximum atomic E-state index is 12.8. The molecule has 8 heteroatoms. The summed E-state index contributed by atoms with van der Waals surface area (Å²) < 4.78 is 42.4. The second-order valence-electron chi connectivity index (χ2n) is 3.90. The van der Waals surface area contributed by atoms with E-state index in [2.05, 4.69) is 25.6 Å². The Morgan fingerprint density at radius 1 is 1.40 bits per heavy atom. The number of benzene rings is 1. The number of halogens is 4. The summed E-state index contributed by atoms with van der Waals surface area (Å²) in [5, 5.41) is 12.2. The van der Waals surface area contributed by atoms with Crippen molar-refractivity contribution in [2.75, 3.05) is 5.32 Å². The van der Waals surface area contributed by atoms with Gasteiger partial charge >= 0.3 is 6.18 Å². The van der Waals surface area contributed by atoms with Crippen LogP contribution >= 0.6 is 27.5 Å². The minimum atomic E-state index is -4.45.